The van der Waals surface area contributed by atoms with Gasteiger partial charge in [0.2, 0.25) is 0 Å². The number of amides is 1. The zero-order chi connectivity index (χ0) is 23.3. The van der Waals surface area contributed by atoms with Crippen LogP contribution in [0.15, 0.2) is 35.3 Å². The van der Waals surface area contributed by atoms with E-state index in [4.69, 9.17) is 0 Å². The number of hydrogen-bond donors (Lipinski definition) is 3. The van der Waals surface area contributed by atoms with Crippen LogP contribution >= 0.6 is 0 Å². The highest BCUT2D eigenvalue weighted by Crippen LogP contribution is 2.17. The highest BCUT2D eigenvalue weighted by molar-refractivity contribution is 7.90. The van der Waals surface area contributed by atoms with Crippen molar-refractivity contribution >= 4 is 27.8 Å². The molecule has 2 aromatic rings. The third kappa shape index (κ3) is 5.64. The first-order valence-corrected chi connectivity index (χ1v) is 11.8. The van der Waals surface area contributed by atoms with Crippen LogP contribution in [0.25, 0.3) is 0 Å². The number of pyridine rings is 2. The van der Waals surface area contributed by atoms with Crippen LogP contribution in [-0.4, -0.2) is 68.5 Å². The van der Waals surface area contributed by atoms with Crippen LogP contribution in [0.2, 0.25) is 0 Å². The van der Waals surface area contributed by atoms with Crippen molar-refractivity contribution in [3.05, 3.63) is 51.9 Å². The minimum absolute atomic E-state index is 0.121. The molecule has 0 bridgehead atoms. The van der Waals surface area contributed by atoms with E-state index in [1.165, 1.54) is 11.6 Å². The molecule has 2 aromatic heterocycles. The van der Waals surface area contributed by atoms with E-state index in [2.05, 4.69) is 29.5 Å². The van der Waals surface area contributed by atoms with E-state index in [-0.39, 0.29) is 16.9 Å². The minimum Gasteiger partial charge on any atom is -0.355 e. The van der Waals surface area contributed by atoms with Gasteiger partial charge in [0.15, 0.2) is 0 Å². The van der Waals surface area contributed by atoms with E-state index in [1.807, 2.05) is 6.07 Å². The maximum atomic E-state index is 12.5. The zero-order valence-electron chi connectivity index (χ0n) is 18.5. The predicted molar refractivity (Wildman–Crippen MR) is 123 cm³/mol. The summed E-state index contributed by atoms with van der Waals surface area (Å²) in [6.45, 7) is 5.63. The summed E-state index contributed by atoms with van der Waals surface area (Å²) in [6.07, 6.45) is 1.58. The third-order valence-corrected chi connectivity index (χ3v) is 6.40. The summed E-state index contributed by atoms with van der Waals surface area (Å²) in [5, 5.41) is 2.48. The monoisotopic (exact) mass is 463 g/mol. The van der Waals surface area contributed by atoms with E-state index >= 15 is 0 Å². The summed E-state index contributed by atoms with van der Waals surface area (Å²) >= 11 is 0. The summed E-state index contributed by atoms with van der Waals surface area (Å²) in [4.78, 5) is 32.8. The summed E-state index contributed by atoms with van der Waals surface area (Å²) in [7, 11) is -0.458. The maximum absolute atomic E-state index is 12.5. The molecule has 3 rings (SSSR count). The van der Waals surface area contributed by atoms with E-state index in [1.54, 1.807) is 38.4 Å². The Kier molecular flexibility index (Phi) is 7.48. The highest BCUT2D eigenvalue weighted by Gasteiger charge is 2.21. The quantitative estimate of drug-likeness (QED) is 0.491. The lowest BCUT2D eigenvalue weighted by atomic mass is 10.2. The molecule has 0 aromatic carbocycles. The standard InChI is InChI=1S/C20H29N7O4S/c1-4-23-32(30,31)24-17-13-15(7-8-22-17)14-26-9-11-27(12-10-26)18-6-5-16(19(28)21-2)20(29)25(18)3/h5-8,13,23H,4,9-12,14H2,1-3H3,(H,21,28)(H,22,24). The summed E-state index contributed by atoms with van der Waals surface area (Å²) in [6, 6.07) is 6.95. The molecule has 0 atom stereocenters. The Balaban J connectivity index is 1.62. The van der Waals surface area contributed by atoms with Crippen LogP contribution in [-0.2, 0) is 23.8 Å². The number of piperazine rings is 1. The molecular formula is C20H29N7O4S. The molecule has 1 amide bonds. The lowest BCUT2D eigenvalue weighted by Crippen LogP contribution is -2.47. The molecule has 32 heavy (non-hydrogen) atoms. The molecule has 174 valence electrons. The Labute approximate surface area is 187 Å². The van der Waals surface area contributed by atoms with Crippen molar-refractivity contribution in [2.24, 2.45) is 7.05 Å². The number of carbonyl (C=O) groups is 1. The summed E-state index contributed by atoms with van der Waals surface area (Å²) < 4.78 is 30.0. The smallest absolute Gasteiger partial charge is 0.300 e. The van der Waals surface area contributed by atoms with Crippen LogP contribution in [0.1, 0.15) is 22.8 Å². The molecule has 11 nitrogen and oxygen atoms in total. The Hall–Kier alpha value is -2.96. The zero-order valence-corrected chi connectivity index (χ0v) is 19.3. The molecule has 0 aliphatic carbocycles. The van der Waals surface area contributed by atoms with Crippen molar-refractivity contribution in [3.8, 4) is 0 Å². The Morgan fingerprint density at radius 1 is 1.16 bits per heavy atom. The Bertz CT molecular complexity index is 1130. The van der Waals surface area contributed by atoms with Crippen LogP contribution < -0.4 is 25.2 Å². The van der Waals surface area contributed by atoms with Crippen molar-refractivity contribution in [1.29, 1.82) is 0 Å². The molecule has 3 heterocycles. The van der Waals surface area contributed by atoms with Crippen LogP contribution in [0, 0.1) is 0 Å². The number of aromatic nitrogens is 2. The third-order valence-electron chi connectivity index (χ3n) is 5.25. The lowest BCUT2D eigenvalue weighted by Gasteiger charge is -2.36. The summed E-state index contributed by atoms with van der Waals surface area (Å²) in [5.74, 6) is 0.645. The molecule has 0 spiro atoms. The SMILES string of the molecule is CCNS(=O)(=O)Nc1cc(CN2CCN(c3ccc(C(=O)NC)c(=O)n3C)CC2)ccn1. The first-order chi connectivity index (χ1) is 15.2. The highest BCUT2D eigenvalue weighted by atomic mass is 32.2. The van der Waals surface area contributed by atoms with E-state index in [0.29, 0.717) is 13.1 Å². The molecule has 0 radical (unpaired) electrons. The number of hydrogen-bond acceptors (Lipinski definition) is 7. The summed E-state index contributed by atoms with van der Waals surface area (Å²) in [5.41, 5.74) is 0.745. The fraction of sp³-hybridized carbons (Fsp3) is 0.450. The van der Waals surface area contributed by atoms with Gasteiger partial charge in [-0.25, -0.2) is 4.98 Å². The average Bonchev–Trinajstić information content (AvgIpc) is 2.75. The van der Waals surface area contributed by atoms with Crippen molar-refractivity contribution in [1.82, 2.24) is 24.5 Å². The second-order valence-corrected chi connectivity index (χ2v) is 8.96. The largest absolute Gasteiger partial charge is 0.355 e. The van der Waals surface area contributed by atoms with Gasteiger partial charge in [0, 0.05) is 59.6 Å². The molecular weight excluding hydrogens is 434 g/mol. The van der Waals surface area contributed by atoms with Crippen molar-refractivity contribution in [3.63, 3.8) is 0 Å². The second kappa shape index (κ2) is 10.1. The molecule has 1 saturated heterocycles. The first kappa shape index (κ1) is 23.7. The van der Waals surface area contributed by atoms with Crippen LogP contribution in [0.3, 0.4) is 0 Å². The van der Waals surface area contributed by atoms with Gasteiger partial charge in [-0.05, 0) is 29.8 Å². The molecule has 0 saturated carbocycles. The van der Waals surface area contributed by atoms with Crippen molar-refractivity contribution < 1.29 is 13.2 Å². The van der Waals surface area contributed by atoms with Gasteiger partial charge in [0.1, 0.15) is 17.2 Å². The molecule has 1 fully saturated rings. The fourth-order valence-corrected chi connectivity index (χ4v) is 4.48. The fourth-order valence-electron chi connectivity index (χ4n) is 3.64. The molecule has 1 aliphatic rings. The van der Waals surface area contributed by atoms with Gasteiger partial charge < -0.3 is 10.2 Å². The number of carbonyl (C=O) groups excluding carboxylic acids is 1. The number of anilines is 2. The van der Waals surface area contributed by atoms with Gasteiger partial charge in [-0.1, -0.05) is 6.92 Å². The number of nitrogens with zero attached hydrogens (tertiary/aromatic N) is 4. The van der Waals surface area contributed by atoms with Crippen molar-refractivity contribution in [2.45, 2.75) is 13.5 Å². The van der Waals surface area contributed by atoms with Gasteiger partial charge in [-0.2, -0.15) is 13.1 Å². The second-order valence-electron chi connectivity index (χ2n) is 7.46. The first-order valence-electron chi connectivity index (χ1n) is 10.4. The maximum Gasteiger partial charge on any atom is 0.300 e. The lowest BCUT2D eigenvalue weighted by molar-refractivity contribution is 0.0961. The average molecular weight is 464 g/mol. The molecule has 12 heteroatoms. The molecule has 1 aliphatic heterocycles. The Morgan fingerprint density at radius 2 is 1.88 bits per heavy atom. The molecule has 3 N–H and O–H groups in total. The van der Waals surface area contributed by atoms with Crippen LogP contribution in [0.4, 0.5) is 11.6 Å². The van der Waals surface area contributed by atoms with E-state index in [0.717, 1.165) is 37.6 Å². The minimum atomic E-state index is -3.63. The van der Waals surface area contributed by atoms with Crippen molar-refractivity contribution in [2.75, 3.05) is 49.4 Å². The number of rotatable bonds is 8. The molecule has 0 unspecified atom stereocenters. The van der Waals surface area contributed by atoms with Gasteiger partial charge >= 0.3 is 0 Å². The van der Waals surface area contributed by atoms with Gasteiger partial charge in [-0.15, -0.1) is 0 Å². The topological polar surface area (TPSA) is 129 Å². The van der Waals surface area contributed by atoms with E-state index < -0.39 is 16.1 Å². The van der Waals surface area contributed by atoms with Gasteiger partial charge in [0.25, 0.3) is 21.7 Å². The normalized spacial score (nSPS) is 14.9. The van der Waals surface area contributed by atoms with E-state index in [9.17, 15) is 18.0 Å². The predicted octanol–water partition coefficient (Wildman–Crippen LogP) is -0.272. The Morgan fingerprint density at radius 3 is 2.53 bits per heavy atom. The van der Waals surface area contributed by atoms with Crippen LogP contribution in [0.5, 0.6) is 0 Å². The number of nitrogens with one attached hydrogen (secondary N) is 3. The van der Waals surface area contributed by atoms with Gasteiger partial charge in [-0.3, -0.25) is 23.8 Å². The van der Waals surface area contributed by atoms with Gasteiger partial charge in [0.05, 0.1) is 0 Å².